The molecule has 0 aromatic carbocycles. The van der Waals surface area contributed by atoms with Crippen molar-refractivity contribution in [2.24, 2.45) is 0 Å². The molecule has 4 saturated heterocycles. The molecule has 4 fully saturated rings. The molecule has 0 spiro atoms. The van der Waals surface area contributed by atoms with E-state index in [9.17, 15) is 4.79 Å². The molecule has 2 N–H and O–H groups in total. The van der Waals surface area contributed by atoms with Gasteiger partial charge in [0, 0.05) is 43.8 Å². The Morgan fingerprint density at radius 3 is 2.65 bits per heavy atom. The van der Waals surface area contributed by atoms with Crippen LogP contribution in [0.4, 0.5) is 10.6 Å². The maximum absolute atomic E-state index is 11.6. The van der Waals surface area contributed by atoms with Crippen LogP contribution in [-0.2, 0) is 17.6 Å². The lowest BCUT2D eigenvalue weighted by molar-refractivity contribution is 0.0554. The number of piperazine rings is 1. The fourth-order valence-corrected chi connectivity index (χ4v) is 6.68. The normalized spacial score (nSPS) is 30.4. The highest BCUT2D eigenvalue weighted by atomic mass is 16.5. The van der Waals surface area contributed by atoms with Gasteiger partial charge in [0.15, 0.2) is 0 Å². The van der Waals surface area contributed by atoms with Crippen molar-refractivity contribution < 1.29 is 14.3 Å². The number of carbonyl (C=O) groups excluding carboxylic acids is 1. The molecular weight excluding hydrogens is 432 g/mol. The van der Waals surface area contributed by atoms with Crippen LogP contribution in [0.3, 0.4) is 0 Å². The van der Waals surface area contributed by atoms with Crippen LogP contribution in [0.25, 0.3) is 0 Å². The zero-order valence-electron chi connectivity index (χ0n) is 20.9. The van der Waals surface area contributed by atoms with Gasteiger partial charge >= 0.3 is 12.1 Å². The van der Waals surface area contributed by atoms with Crippen molar-refractivity contribution in [1.29, 1.82) is 0 Å². The first kappa shape index (κ1) is 23.6. The Hall–Kier alpha value is -2.13. The summed E-state index contributed by atoms with van der Waals surface area (Å²) in [5.74, 6) is 1.08. The molecule has 1 aromatic heterocycles. The number of alkyl carbamates (subject to hydrolysis) is 1. The Kier molecular flexibility index (Phi) is 6.84. The largest absolute Gasteiger partial charge is 0.461 e. The van der Waals surface area contributed by atoms with E-state index in [1.54, 1.807) is 7.05 Å². The highest BCUT2D eigenvalue weighted by molar-refractivity contribution is 5.66. The topological polar surface area (TPSA) is 91.9 Å². The summed E-state index contributed by atoms with van der Waals surface area (Å²) < 4.78 is 11.8. The molecule has 0 aliphatic carbocycles. The molecule has 5 heterocycles. The first-order valence-corrected chi connectivity index (χ1v) is 13.2. The second-order valence-corrected chi connectivity index (χ2v) is 10.4. The summed E-state index contributed by atoms with van der Waals surface area (Å²) in [6.07, 6.45) is 8.27. The van der Waals surface area contributed by atoms with Gasteiger partial charge < -0.3 is 25.0 Å². The number of carbonyl (C=O) groups is 1. The molecule has 2 bridgehead atoms. The average Bonchev–Trinajstić information content (AvgIpc) is 3.53. The van der Waals surface area contributed by atoms with E-state index in [1.165, 1.54) is 18.4 Å². The van der Waals surface area contributed by atoms with Crippen LogP contribution in [0.15, 0.2) is 0 Å². The van der Waals surface area contributed by atoms with Crippen LogP contribution in [0, 0.1) is 0 Å². The van der Waals surface area contributed by atoms with Crippen molar-refractivity contribution >= 4 is 11.9 Å². The van der Waals surface area contributed by atoms with Crippen LogP contribution in [0.1, 0.15) is 63.6 Å². The lowest BCUT2D eigenvalue weighted by Crippen LogP contribution is -2.51. The lowest BCUT2D eigenvalue weighted by atomic mass is 9.95. The number of hydrogen-bond donors (Lipinski definition) is 2. The molecule has 34 heavy (non-hydrogen) atoms. The van der Waals surface area contributed by atoms with E-state index in [1.807, 2.05) is 0 Å². The molecule has 0 radical (unpaired) electrons. The quantitative estimate of drug-likeness (QED) is 0.595. The van der Waals surface area contributed by atoms with E-state index < -0.39 is 0 Å². The zero-order valence-corrected chi connectivity index (χ0v) is 20.9. The highest BCUT2D eigenvalue weighted by Crippen LogP contribution is 2.43. The molecule has 5 rings (SSSR count). The van der Waals surface area contributed by atoms with Crippen molar-refractivity contribution in [3.8, 4) is 6.01 Å². The van der Waals surface area contributed by atoms with Crippen molar-refractivity contribution in [3.05, 3.63) is 11.3 Å². The van der Waals surface area contributed by atoms with E-state index in [4.69, 9.17) is 19.4 Å². The number of ether oxygens (including phenoxy) is 2. The molecule has 9 heteroatoms. The first-order valence-electron chi connectivity index (χ1n) is 13.2. The first-order chi connectivity index (χ1) is 16.5. The summed E-state index contributed by atoms with van der Waals surface area (Å²) in [6, 6.07) is 1.89. The predicted octanol–water partition coefficient (Wildman–Crippen LogP) is 2.27. The van der Waals surface area contributed by atoms with Gasteiger partial charge in [-0.25, -0.2) is 4.79 Å². The number of aryl methyl sites for hydroxylation is 1. The van der Waals surface area contributed by atoms with Crippen molar-refractivity contribution in [3.63, 3.8) is 0 Å². The summed E-state index contributed by atoms with van der Waals surface area (Å²) >= 11 is 0. The number of nitrogens with one attached hydrogen (secondary N) is 2. The van der Waals surface area contributed by atoms with Gasteiger partial charge in [0.2, 0.25) is 0 Å². The van der Waals surface area contributed by atoms with E-state index >= 15 is 0 Å². The molecular formula is C25H40N6O3. The highest BCUT2D eigenvalue weighted by Gasteiger charge is 2.50. The standard InChI is InChI=1S/C25H40N6O3/c1-4-20-21(5-2)28-23(29-22(20)30-13-17-7-8-18(14-30)27-17)34-16-25-10-6-12-31(25)19(9-11-25)15-33-24(32)26-3/h17-19,27H,4-16H2,1-3H3,(H,26,32)/t17?,18?,19-,25-/m1/s1. The van der Waals surface area contributed by atoms with Gasteiger partial charge in [0.05, 0.1) is 11.2 Å². The number of anilines is 1. The Balaban J connectivity index is 1.32. The molecule has 0 saturated carbocycles. The van der Waals surface area contributed by atoms with Crippen LogP contribution >= 0.6 is 0 Å². The van der Waals surface area contributed by atoms with Gasteiger partial charge in [-0.3, -0.25) is 4.90 Å². The molecule has 2 unspecified atom stereocenters. The average molecular weight is 473 g/mol. The third kappa shape index (κ3) is 4.44. The van der Waals surface area contributed by atoms with Crippen molar-refractivity contribution in [1.82, 2.24) is 25.5 Å². The third-order valence-electron chi connectivity index (χ3n) is 8.37. The van der Waals surface area contributed by atoms with Gasteiger partial charge in [-0.1, -0.05) is 13.8 Å². The van der Waals surface area contributed by atoms with E-state index in [-0.39, 0.29) is 17.7 Å². The number of amides is 1. The van der Waals surface area contributed by atoms with Gasteiger partial charge in [0.1, 0.15) is 19.0 Å². The number of nitrogens with zero attached hydrogens (tertiary/aromatic N) is 4. The monoisotopic (exact) mass is 472 g/mol. The summed E-state index contributed by atoms with van der Waals surface area (Å²) in [4.78, 5) is 26.4. The van der Waals surface area contributed by atoms with Gasteiger partial charge in [-0.2, -0.15) is 9.97 Å². The van der Waals surface area contributed by atoms with Crippen molar-refractivity contribution in [2.75, 3.05) is 44.8 Å². The molecule has 1 amide bonds. The summed E-state index contributed by atoms with van der Waals surface area (Å²) in [5.41, 5.74) is 2.37. The number of fused-ring (bicyclic) bond motifs is 3. The fourth-order valence-electron chi connectivity index (χ4n) is 6.68. The number of hydrogen-bond acceptors (Lipinski definition) is 8. The van der Waals surface area contributed by atoms with Gasteiger partial charge in [-0.15, -0.1) is 0 Å². The molecule has 4 aliphatic heterocycles. The Morgan fingerprint density at radius 1 is 1.15 bits per heavy atom. The van der Waals surface area contributed by atoms with Gasteiger partial charge in [0.25, 0.3) is 0 Å². The van der Waals surface area contributed by atoms with E-state index in [0.717, 1.165) is 69.7 Å². The maximum atomic E-state index is 11.6. The second-order valence-electron chi connectivity index (χ2n) is 10.4. The van der Waals surface area contributed by atoms with Crippen LogP contribution < -0.4 is 20.3 Å². The minimum Gasteiger partial charge on any atom is -0.461 e. The molecule has 4 atom stereocenters. The third-order valence-corrected chi connectivity index (χ3v) is 8.37. The number of rotatable bonds is 8. The fraction of sp³-hybridized carbons (Fsp3) is 0.800. The predicted molar refractivity (Wildman–Crippen MR) is 131 cm³/mol. The Bertz CT molecular complexity index is 886. The Labute approximate surface area is 203 Å². The van der Waals surface area contributed by atoms with Crippen LogP contribution in [0.2, 0.25) is 0 Å². The van der Waals surface area contributed by atoms with Crippen LogP contribution in [-0.4, -0.2) is 84.5 Å². The molecule has 4 aliphatic rings. The van der Waals surface area contributed by atoms with E-state index in [0.29, 0.717) is 31.3 Å². The van der Waals surface area contributed by atoms with Crippen LogP contribution in [0.5, 0.6) is 6.01 Å². The number of aromatic nitrogens is 2. The molecule has 9 nitrogen and oxygen atoms in total. The summed E-state index contributed by atoms with van der Waals surface area (Å²) in [7, 11) is 1.60. The SMILES string of the molecule is CCc1nc(OC[C@]23CCCN2[C@@H](COC(=O)NC)CC3)nc(N2CC3CCC(C2)N3)c1CC. The van der Waals surface area contributed by atoms with E-state index in [2.05, 4.69) is 34.3 Å². The lowest BCUT2D eigenvalue weighted by Gasteiger charge is -2.36. The van der Waals surface area contributed by atoms with Crippen molar-refractivity contribution in [2.45, 2.75) is 88.9 Å². The smallest absolute Gasteiger partial charge is 0.406 e. The Morgan fingerprint density at radius 2 is 1.94 bits per heavy atom. The minimum absolute atomic E-state index is 0.00972. The maximum Gasteiger partial charge on any atom is 0.406 e. The minimum atomic E-state index is -0.363. The molecule has 1 aromatic rings. The van der Waals surface area contributed by atoms with Gasteiger partial charge in [-0.05, 0) is 57.9 Å². The molecule has 188 valence electrons. The zero-order chi connectivity index (χ0) is 23.7. The summed E-state index contributed by atoms with van der Waals surface area (Å²) in [5, 5.41) is 6.26. The second kappa shape index (κ2) is 9.85. The summed E-state index contributed by atoms with van der Waals surface area (Å²) in [6.45, 7) is 8.43.